The highest BCUT2D eigenvalue weighted by Gasteiger charge is 2.14. The van der Waals surface area contributed by atoms with E-state index in [4.69, 9.17) is 4.42 Å². The molecule has 0 aliphatic carbocycles. The summed E-state index contributed by atoms with van der Waals surface area (Å²) in [5, 5.41) is 2.28. The molecule has 3 rings (SSSR count). The number of benzene rings is 2. The Hall–Kier alpha value is -2.35. The zero-order valence-corrected chi connectivity index (χ0v) is 10.7. The van der Waals surface area contributed by atoms with Gasteiger partial charge in [0.05, 0.1) is 6.26 Å². The van der Waals surface area contributed by atoms with Crippen LogP contribution in [0.2, 0.25) is 0 Å². The summed E-state index contributed by atoms with van der Waals surface area (Å²) < 4.78 is 5.26. The van der Waals surface area contributed by atoms with Gasteiger partial charge >= 0.3 is 0 Å². The third kappa shape index (κ3) is 2.17. The smallest absolute Gasteiger partial charge is 0.202 e. The molecule has 0 saturated carbocycles. The van der Waals surface area contributed by atoms with Crippen LogP contribution >= 0.6 is 0 Å². The highest BCUT2D eigenvalue weighted by Crippen LogP contribution is 2.21. The number of carbonyl (C=O) groups excluding carboxylic acids is 1. The van der Waals surface area contributed by atoms with E-state index >= 15 is 0 Å². The minimum absolute atomic E-state index is 0.0267. The molecule has 0 aliphatic rings. The van der Waals surface area contributed by atoms with Crippen LogP contribution in [0, 0.1) is 6.92 Å². The summed E-state index contributed by atoms with van der Waals surface area (Å²) >= 11 is 0. The molecular formula is C17H14O2. The van der Waals surface area contributed by atoms with Crippen molar-refractivity contribution < 1.29 is 9.21 Å². The van der Waals surface area contributed by atoms with Crippen LogP contribution in [-0.4, -0.2) is 5.78 Å². The molecule has 19 heavy (non-hydrogen) atoms. The van der Waals surface area contributed by atoms with E-state index in [-0.39, 0.29) is 5.78 Å². The summed E-state index contributed by atoms with van der Waals surface area (Å²) in [5.74, 6) is 0.492. The van der Waals surface area contributed by atoms with E-state index in [0.29, 0.717) is 12.2 Å². The van der Waals surface area contributed by atoms with Gasteiger partial charge in [0, 0.05) is 6.42 Å². The molecule has 0 unspecified atom stereocenters. The first-order valence-electron chi connectivity index (χ1n) is 6.29. The number of ketones is 1. The first kappa shape index (κ1) is 11.7. The van der Waals surface area contributed by atoms with Crippen LogP contribution in [0.4, 0.5) is 0 Å². The van der Waals surface area contributed by atoms with Crippen molar-refractivity contribution >= 4 is 16.6 Å². The Morgan fingerprint density at radius 3 is 2.63 bits per heavy atom. The Labute approximate surface area is 111 Å². The standard InChI is InChI=1S/C17H14O2/c1-12-9-10-19-17(12)16(18)11-14-7-4-6-13-5-2-3-8-15(13)14/h2-10H,11H2,1H3. The summed E-state index contributed by atoms with van der Waals surface area (Å²) in [6, 6.07) is 16.0. The van der Waals surface area contributed by atoms with Crippen molar-refractivity contribution in [2.75, 3.05) is 0 Å². The monoisotopic (exact) mass is 250 g/mol. The van der Waals surface area contributed by atoms with Gasteiger partial charge in [-0.2, -0.15) is 0 Å². The van der Waals surface area contributed by atoms with Crippen molar-refractivity contribution in [2.45, 2.75) is 13.3 Å². The first-order valence-corrected chi connectivity index (χ1v) is 6.29. The number of rotatable bonds is 3. The molecule has 0 saturated heterocycles. The lowest BCUT2D eigenvalue weighted by molar-refractivity contribution is 0.0966. The Kier molecular flexibility index (Phi) is 2.92. The molecule has 2 heteroatoms. The van der Waals surface area contributed by atoms with E-state index in [2.05, 4.69) is 12.1 Å². The largest absolute Gasteiger partial charge is 0.461 e. The average molecular weight is 250 g/mol. The molecule has 0 radical (unpaired) electrons. The maximum Gasteiger partial charge on any atom is 0.202 e. The minimum Gasteiger partial charge on any atom is -0.461 e. The molecule has 1 heterocycles. The van der Waals surface area contributed by atoms with E-state index in [1.807, 2.05) is 43.3 Å². The molecule has 0 fully saturated rings. The first-order chi connectivity index (χ1) is 9.25. The summed E-state index contributed by atoms with van der Waals surface area (Å²) in [5.41, 5.74) is 1.93. The number of fused-ring (bicyclic) bond motifs is 1. The van der Waals surface area contributed by atoms with Gasteiger partial charge in [0.15, 0.2) is 5.76 Å². The second-order valence-corrected chi connectivity index (χ2v) is 4.67. The number of hydrogen-bond acceptors (Lipinski definition) is 2. The minimum atomic E-state index is 0.0267. The highest BCUT2D eigenvalue weighted by atomic mass is 16.3. The summed E-state index contributed by atoms with van der Waals surface area (Å²) in [6.45, 7) is 1.89. The lowest BCUT2D eigenvalue weighted by atomic mass is 9.99. The van der Waals surface area contributed by atoms with Crippen molar-refractivity contribution in [1.29, 1.82) is 0 Å². The maximum absolute atomic E-state index is 12.2. The molecular weight excluding hydrogens is 236 g/mol. The third-order valence-corrected chi connectivity index (χ3v) is 3.35. The predicted molar refractivity (Wildman–Crippen MR) is 75.4 cm³/mol. The van der Waals surface area contributed by atoms with E-state index in [9.17, 15) is 4.79 Å². The quantitative estimate of drug-likeness (QED) is 0.653. The number of Topliss-reactive ketones (excluding diaryl/α,β-unsaturated/α-hetero) is 1. The van der Waals surface area contributed by atoms with Crippen LogP contribution in [0.1, 0.15) is 21.7 Å². The SMILES string of the molecule is Cc1ccoc1C(=O)Cc1cccc2ccccc12. The normalized spacial score (nSPS) is 10.8. The molecule has 2 nitrogen and oxygen atoms in total. The van der Waals surface area contributed by atoms with Crippen LogP contribution in [0.5, 0.6) is 0 Å². The molecule has 0 aliphatic heterocycles. The molecule has 0 atom stereocenters. The van der Waals surface area contributed by atoms with Gasteiger partial charge in [-0.1, -0.05) is 42.5 Å². The Balaban J connectivity index is 1.98. The van der Waals surface area contributed by atoms with Gasteiger partial charge < -0.3 is 4.42 Å². The van der Waals surface area contributed by atoms with Gasteiger partial charge in [0.25, 0.3) is 0 Å². The maximum atomic E-state index is 12.2. The zero-order chi connectivity index (χ0) is 13.2. The molecule has 0 amide bonds. The molecule has 1 aromatic heterocycles. The summed E-state index contributed by atoms with van der Waals surface area (Å²) in [7, 11) is 0. The van der Waals surface area contributed by atoms with Crippen molar-refractivity contribution in [3.8, 4) is 0 Å². The van der Waals surface area contributed by atoms with Crippen LogP contribution in [0.15, 0.2) is 59.2 Å². The lowest BCUT2D eigenvalue weighted by Crippen LogP contribution is -2.04. The van der Waals surface area contributed by atoms with Gasteiger partial charge in [0.1, 0.15) is 0 Å². The van der Waals surface area contributed by atoms with E-state index in [0.717, 1.165) is 21.9 Å². The van der Waals surface area contributed by atoms with Crippen molar-refractivity contribution in [3.05, 3.63) is 71.7 Å². The Bertz CT molecular complexity index is 732. The zero-order valence-electron chi connectivity index (χ0n) is 10.7. The van der Waals surface area contributed by atoms with Crippen molar-refractivity contribution in [1.82, 2.24) is 0 Å². The fraction of sp³-hybridized carbons (Fsp3) is 0.118. The van der Waals surface area contributed by atoms with Crippen molar-refractivity contribution in [2.24, 2.45) is 0 Å². The van der Waals surface area contributed by atoms with Crippen LogP contribution in [0.3, 0.4) is 0 Å². The second-order valence-electron chi connectivity index (χ2n) is 4.67. The van der Waals surface area contributed by atoms with Crippen LogP contribution < -0.4 is 0 Å². The van der Waals surface area contributed by atoms with Gasteiger partial charge in [-0.3, -0.25) is 4.79 Å². The summed E-state index contributed by atoms with van der Waals surface area (Å²) in [6.07, 6.45) is 1.93. The van der Waals surface area contributed by atoms with Gasteiger partial charge in [-0.15, -0.1) is 0 Å². The lowest BCUT2D eigenvalue weighted by Gasteiger charge is -2.05. The molecule has 2 aromatic carbocycles. The molecule has 3 aromatic rings. The highest BCUT2D eigenvalue weighted by molar-refractivity contribution is 5.99. The van der Waals surface area contributed by atoms with E-state index < -0.39 is 0 Å². The van der Waals surface area contributed by atoms with E-state index in [1.165, 1.54) is 0 Å². The topological polar surface area (TPSA) is 30.2 Å². The number of carbonyl (C=O) groups is 1. The van der Waals surface area contributed by atoms with Crippen LogP contribution in [-0.2, 0) is 6.42 Å². The van der Waals surface area contributed by atoms with Crippen molar-refractivity contribution in [3.63, 3.8) is 0 Å². The Morgan fingerprint density at radius 1 is 1.05 bits per heavy atom. The van der Waals surface area contributed by atoms with Gasteiger partial charge in [0.2, 0.25) is 5.78 Å². The molecule has 0 bridgehead atoms. The fourth-order valence-corrected chi connectivity index (χ4v) is 2.36. The van der Waals surface area contributed by atoms with Gasteiger partial charge in [-0.25, -0.2) is 0 Å². The molecule has 94 valence electrons. The molecule has 0 spiro atoms. The third-order valence-electron chi connectivity index (χ3n) is 3.35. The van der Waals surface area contributed by atoms with Crippen LogP contribution in [0.25, 0.3) is 10.8 Å². The number of furan rings is 1. The summed E-state index contributed by atoms with van der Waals surface area (Å²) in [4.78, 5) is 12.2. The van der Waals surface area contributed by atoms with Gasteiger partial charge in [-0.05, 0) is 34.9 Å². The number of aryl methyl sites for hydroxylation is 1. The number of hydrogen-bond donors (Lipinski definition) is 0. The Morgan fingerprint density at radius 2 is 1.84 bits per heavy atom. The predicted octanol–water partition coefficient (Wildman–Crippen LogP) is 4.17. The van der Waals surface area contributed by atoms with E-state index in [1.54, 1.807) is 6.26 Å². The second kappa shape index (κ2) is 4.73. The molecule has 0 N–H and O–H groups in total. The fourth-order valence-electron chi connectivity index (χ4n) is 2.36. The average Bonchev–Trinajstić information content (AvgIpc) is 2.85.